The molecule has 156 valence electrons. The first kappa shape index (κ1) is 18.9. The lowest BCUT2D eigenvalue weighted by atomic mass is 9.76. The SMILES string of the molecule is COc1cccc(CN2C[C@]34C=C[C@H](O3)C(C(=O)N(C)Cc3ccon3)C4C2=O)c1. The van der Waals surface area contributed by atoms with E-state index in [1.807, 2.05) is 36.4 Å². The van der Waals surface area contributed by atoms with Gasteiger partial charge in [-0.1, -0.05) is 29.4 Å². The minimum Gasteiger partial charge on any atom is -0.497 e. The maximum atomic E-state index is 13.4. The summed E-state index contributed by atoms with van der Waals surface area (Å²) in [5.74, 6) is -0.453. The fraction of sp³-hybridized carbons (Fsp3) is 0.409. The van der Waals surface area contributed by atoms with E-state index in [0.717, 1.165) is 11.3 Å². The molecule has 1 spiro atoms. The van der Waals surface area contributed by atoms with Crippen LogP contribution in [-0.4, -0.2) is 59.2 Å². The van der Waals surface area contributed by atoms with Crippen molar-refractivity contribution in [2.75, 3.05) is 20.7 Å². The molecule has 2 aromatic rings. The van der Waals surface area contributed by atoms with Crippen LogP contribution in [0.1, 0.15) is 11.3 Å². The van der Waals surface area contributed by atoms with Gasteiger partial charge in [0.1, 0.15) is 23.3 Å². The molecule has 30 heavy (non-hydrogen) atoms. The third-order valence-electron chi connectivity index (χ3n) is 6.24. The molecule has 4 heterocycles. The Hall–Kier alpha value is -3.13. The first-order valence-electron chi connectivity index (χ1n) is 9.94. The molecule has 2 saturated heterocycles. The van der Waals surface area contributed by atoms with Crippen LogP contribution < -0.4 is 4.74 Å². The first-order chi connectivity index (χ1) is 14.5. The topological polar surface area (TPSA) is 85.1 Å². The maximum absolute atomic E-state index is 13.4. The molecule has 0 aliphatic carbocycles. The van der Waals surface area contributed by atoms with Crippen molar-refractivity contribution < 1.29 is 23.6 Å². The Morgan fingerprint density at radius 2 is 2.27 bits per heavy atom. The standard InChI is InChI=1S/C22H23N3O5/c1-24(12-15-7-9-29-23-15)20(26)18-17-6-8-22(30-17)13-25(21(27)19(18)22)11-14-4-3-5-16(10-14)28-2/h3-10,17-19H,11-13H2,1-2H3/t17-,18?,19?,22-/m0/s1. The van der Waals surface area contributed by atoms with Gasteiger partial charge in [0.2, 0.25) is 11.8 Å². The van der Waals surface area contributed by atoms with Crippen molar-refractivity contribution in [2.24, 2.45) is 11.8 Å². The number of ether oxygens (including phenoxy) is 2. The molecule has 1 aromatic carbocycles. The van der Waals surface area contributed by atoms with E-state index in [9.17, 15) is 9.59 Å². The zero-order valence-corrected chi connectivity index (χ0v) is 16.9. The predicted molar refractivity (Wildman–Crippen MR) is 105 cm³/mol. The molecule has 2 amide bonds. The van der Waals surface area contributed by atoms with Crippen molar-refractivity contribution in [1.29, 1.82) is 0 Å². The molecule has 2 fully saturated rings. The number of carbonyl (C=O) groups excluding carboxylic acids is 2. The van der Waals surface area contributed by atoms with E-state index in [1.54, 1.807) is 30.0 Å². The van der Waals surface area contributed by atoms with Crippen molar-refractivity contribution in [3.05, 3.63) is 60.0 Å². The molecular formula is C22H23N3O5. The number of benzene rings is 1. The van der Waals surface area contributed by atoms with Gasteiger partial charge in [-0.3, -0.25) is 9.59 Å². The zero-order valence-electron chi connectivity index (χ0n) is 16.9. The molecule has 0 saturated carbocycles. The lowest BCUT2D eigenvalue weighted by Gasteiger charge is -2.27. The highest BCUT2D eigenvalue weighted by molar-refractivity contribution is 5.93. The Bertz CT molecular complexity index is 1000. The minimum atomic E-state index is -0.727. The van der Waals surface area contributed by atoms with Crippen LogP contribution in [0.3, 0.4) is 0 Å². The van der Waals surface area contributed by atoms with Crippen LogP contribution in [0.25, 0.3) is 0 Å². The molecule has 5 rings (SSSR count). The summed E-state index contributed by atoms with van der Waals surface area (Å²) in [5.41, 5.74) is 0.913. The summed E-state index contributed by atoms with van der Waals surface area (Å²) >= 11 is 0. The second-order valence-corrected chi connectivity index (χ2v) is 8.13. The second-order valence-electron chi connectivity index (χ2n) is 8.13. The van der Waals surface area contributed by atoms with Crippen LogP contribution in [0.4, 0.5) is 0 Å². The first-order valence-corrected chi connectivity index (χ1v) is 9.94. The fourth-order valence-corrected chi connectivity index (χ4v) is 4.88. The van der Waals surface area contributed by atoms with Crippen LogP contribution in [0.15, 0.2) is 53.3 Å². The number of fused-ring (bicyclic) bond motifs is 1. The molecule has 2 bridgehead atoms. The number of carbonyl (C=O) groups is 2. The molecular weight excluding hydrogens is 386 g/mol. The third-order valence-corrected chi connectivity index (χ3v) is 6.24. The highest BCUT2D eigenvalue weighted by Gasteiger charge is 2.67. The Labute approximate surface area is 174 Å². The number of likely N-dealkylation sites (tertiary alicyclic amines) is 1. The van der Waals surface area contributed by atoms with E-state index in [1.165, 1.54) is 6.26 Å². The molecule has 3 aliphatic rings. The average molecular weight is 409 g/mol. The number of aromatic nitrogens is 1. The highest BCUT2D eigenvalue weighted by atomic mass is 16.5. The number of nitrogens with zero attached hydrogens (tertiary/aromatic N) is 3. The van der Waals surface area contributed by atoms with E-state index in [4.69, 9.17) is 14.0 Å². The van der Waals surface area contributed by atoms with Crippen LogP contribution in [-0.2, 0) is 27.4 Å². The van der Waals surface area contributed by atoms with Crippen molar-refractivity contribution in [2.45, 2.75) is 24.8 Å². The molecule has 8 heteroatoms. The quantitative estimate of drug-likeness (QED) is 0.674. The van der Waals surface area contributed by atoms with Gasteiger partial charge in [0.25, 0.3) is 0 Å². The number of hydrogen-bond acceptors (Lipinski definition) is 6. The number of methoxy groups -OCH3 is 1. The summed E-state index contributed by atoms with van der Waals surface area (Å²) in [6.45, 7) is 1.22. The van der Waals surface area contributed by atoms with Gasteiger partial charge in [-0.2, -0.15) is 0 Å². The molecule has 0 N–H and O–H groups in total. The van der Waals surface area contributed by atoms with Gasteiger partial charge in [0, 0.05) is 19.7 Å². The van der Waals surface area contributed by atoms with E-state index < -0.39 is 17.4 Å². The summed E-state index contributed by atoms with van der Waals surface area (Å²) in [7, 11) is 3.33. The minimum absolute atomic E-state index is 0.0437. The van der Waals surface area contributed by atoms with E-state index in [-0.39, 0.29) is 17.9 Å². The van der Waals surface area contributed by atoms with Crippen LogP contribution >= 0.6 is 0 Å². The van der Waals surface area contributed by atoms with Gasteiger partial charge in [-0.05, 0) is 17.7 Å². The summed E-state index contributed by atoms with van der Waals surface area (Å²) in [6.07, 6.45) is 4.99. The fourth-order valence-electron chi connectivity index (χ4n) is 4.88. The molecule has 0 radical (unpaired) electrons. The van der Waals surface area contributed by atoms with Gasteiger partial charge >= 0.3 is 0 Å². The van der Waals surface area contributed by atoms with E-state index in [2.05, 4.69) is 5.16 Å². The molecule has 8 nitrogen and oxygen atoms in total. The summed E-state index contributed by atoms with van der Waals surface area (Å²) in [4.78, 5) is 30.0. The lowest BCUT2D eigenvalue weighted by molar-refractivity contribution is -0.143. The Morgan fingerprint density at radius 1 is 1.40 bits per heavy atom. The molecule has 3 aliphatic heterocycles. The third kappa shape index (κ3) is 2.90. The largest absolute Gasteiger partial charge is 0.497 e. The van der Waals surface area contributed by atoms with Crippen LogP contribution in [0.5, 0.6) is 5.75 Å². The normalized spacial score (nSPS) is 28.8. The predicted octanol–water partition coefficient (Wildman–Crippen LogP) is 1.62. The Morgan fingerprint density at radius 3 is 3.03 bits per heavy atom. The van der Waals surface area contributed by atoms with E-state index >= 15 is 0 Å². The highest BCUT2D eigenvalue weighted by Crippen LogP contribution is 2.52. The van der Waals surface area contributed by atoms with Crippen molar-refractivity contribution in [3.8, 4) is 5.75 Å². The van der Waals surface area contributed by atoms with Gasteiger partial charge in [0.05, 0.1) is 38.1 Å². The van der Waals surface area contributed by atoms with Crippen molar-refractivity contribution in [3.63, 3.8) is 0 Å². The lowest BCUT2D eigenvalue weighted by Crippen LogP contribution is -2.44. The molecule has 4 atom stereocenters. The van der Waals surface area contributed by atoms with Gasteiger partial charge < -0.3 is 23.8 Å². The average Bonchev–Trinajstić information content (AvgIpc) is 3.51. The van der Waals surface area contributed by atoms with Gasteiger partial charge in [-0.15, -0.1) is 0 Å². The number of amides is 2. The molecule has 1 aromatic heterocycles. The maximum Gasteiger partial charge on any atom is 0.230 e. The van der Waals surface area contributed by atoms with Gasteiger partial charge in [0.15, 0.2) is 0 Å². The van der Waals surface area contributed by atoms with Crippen molar-refractivity contribution >= 4 is 11.8 Å². The van der Waals surface area contributed by atoms with Crippen LogP contribution in [0, 0.1) is 11.8 Å². The van der Waals surface area contributed by atoms with Crippen molar-refractivity contribution in [1.82, 2.24) is 15.0 Å². The van der Waals surface area contributed by atoms with Gasteiger partial charge in [-0.25, -0.2) is 0 Å². The van der Waals surface area contributed by atoms with Crippen LogP contribution in [0.2, 0.25) is 0 Å². The number of rotatable bonds is 6. The number of hydrogen-bond donors (Lipinski definition) is 0. The molecule has 2 unspecified atom stereocenters. The van der Waals surface area contributed by atoms with E-state index in [0.29, 0.717) is 25.3 Å². The zero-order chi connectivity index (χ0) is 20.9. The second kappa shape index (κ2) is 6.98. The Kier molecular flexibility index (Phi) is 4.39. The smallest absolute Gasteiger partial charge is 0.230 e. The summed E-state index contributed by atoms with van der Waals surface area (Å²) in [5, 5.41) is 3.87. The summed E-state index contributed by atoms with van der Waals surface area (Å²) in [6, 6.07) is 9.38. The summed E-state index contributed by atoms with van der Waals surface area (Å²) < 4.78 is 16.3. The Balaban J connectivity index is 1.36. The monoisotopic (exact) mass is 409 g/mol.